The molecule has 1 saturated heterocycles. The highest BCUT2D eigenvalue weighted by Crippen LogP contribution is 2.29. The van der Waals surface area contributed by atoms with E-state index in [1.165, 1.54) is 24.7 Å². The minimum absolute atomic E-state index is 0.0419. The predicted octanol–water partition coefficient (Wildman–Crippen LogP) is 3.95. The molecule has 0 aromatic heterocycles. The zero-order chi connectivity index (χ0) is 32.0. The minimum Gasteiger partial charge on any atom is -0.498 e. The Hall–Kier alpha value is -4.25. The first-order valence-corrected chi connectivity index (χ1v) is 14.6. The van der Waals surface area contributed by atoms with E-state index in [0.717, 1.165) is 30.4 Å². The Labute approximate surface area is 259 Å². The Bertz CT molecular complexity index is 1300. The average Bonchev–Trinajstić information content (AvgIpc) is 3.05. The van der Waals surface area contributed by atoms with Crippen LogP contribution in [-0.2, 0) is 30.2 Å². The molecule has 0 spiro atoms. The molecule has 1 fully saturated rings. The molecule has 10 heteroatoms. The Kier molecular flexibility index (Phi) is 13.3. The van der Waals surface area contributed by atoms with E-state index in [4.69, 9.17) is 14.2 Å². The third-order valence-electron chi connectivity index (χ3n) is 7.47. The van der Waals surface area contributed by atoms with Gasteiger partial charge < -0.3 is 29.0 Å². The number of anilines is 1. The Morgan fingerprint density at radius 3 is 2.25 bits per heavy atom. The number of ether oxygens (including phenoxy) is 4. The normalized spacial score (nSPS) is 15.6. The van der Waals surface area contributed by atoms with Crippen LogP contribution in [-0.4, -0.2) is 93.0 Å². The van der Waals surface area contributed by atoms with Gasteiger partial charge in [-0.1, -0.05) is 25.6 Å². The molecule has 1 heterocycles. The van der Waals surface area contributed by atoms with Crippen LogP contribution in [0.3, 0.4) is 0 Å². The Morgan fingerprint density at radius 2 is 1.64 bits per heavy atom. The second kappa shape index (κ2) is 17.1. The fourth-order valence-electron chi connectivity index (χ4n) is 4.82. The van der Waals surface area contributed by atoms with E-state index in [2.05, 4.69) is 16.2 Å². The van der Waals surface area contributed by atoms with Gasteiger partial charge in [0.1, 0.15) is 19.3 Å². The molecule has 44 heavy (non-hydrogen) atoms. The first kappa shape index (κ1) is 34.2. The number of aliphatic hydroxyl groups is 1. The summed E-state index contributed by atoms with van der Waals surface area (Å²) in [5.41, 5.74) is 2.20. The van der Waals surface area contributed by atoms with Crippen molar-refractivity contribution in [2.45, 2.75) is 31.4 Å². The van der Waals surface area contributed by atoms with Crippen LogP contribution in [0.25, 0.3) is 0 Å². The number of aliphatic hydroxyl groups excluding tert-OH is 1. The van der Waals surface area contributed by atoms with Crippen molar-refractivity contribution in [3.63, 3.8) is 0 Å². The lowest BCUT2D eigenvalue weighted by Crippen LogP contribution is -2.52. The SMILES string of the molecule is C=CC(=O)O/C=C/C=C/OCC(O)COC(=O)c1ccc(CC(CC)(C(=O)c2ccc(N3CCOCC3)cc2)N(C)C)cc1. The second-order valence-corrected chi connectivity index (χ2v) is 10.5. The number of ketones is 1. The van der Waals surface area contributed by atoms with Crippen LogP contribution in [0.2, 0.25) is 0 Å². The van der Waals surface area contributed by atoms with Crippen LogP contribution in [0.4, 0.5) is 5.69 Å². The molecule has 0 saturated carbocycles. The maximum atomic E-state index is 13.9. The van der Waals surface area contributed by atoms with Gasteiger partial charge in [-0.25, -0.2) is 9.59 Å². The number of hydrogen-bond donors (Lipinski definition) is 1. The second-order valence-electron chi connectivity index (χ2n) is 10.5. The largest absolute Gasteiger partial charge is 0.498 e. The number of carbonyl (C=O) groups is 3. The van der Waals surface area contributed by atoms with Gasteiger partial charge in [0.2, 0.25) is 0 Å². The smallest absolute Gasteiger partial charge is 0.338 e. The Balaban J connectivity index is 1.55. The van der Waals surface area contributed by atoms with Gasteiger partial charge in [0.05, 0.1) is 36.8 Å². The molecular weight excluding hydrogens is 564 g/mol. The van der Waals surface area contributed by atoms with Gasteiger partial charge in [-0.3, -0.25) is 9.69 Å². The highest BCUT2D eigenvalue weighted by atomic mass is 16.5. The van der Waals surface area contributed by atoms with Crippen molar-refractivity contribution in [1.29, 1.82) is 0 Å². The average molecular weight is 607 g/mol. The maximum Gasteiger partial charge on any atom is 0.338 e. The van der Waals surface area contributed by atoms with E-state index in [-0.39, 0.29) is 19.0 Å². The van der Waals surface area contributed by atoms with Crippen LogP contribution >= 0.6 is 0 Å². The summed E-state index contributed by atoms with van der Waals surface area (Å²) in [6.07, 6.45) is 6.43. The van der Waals surface area contributed by atoms with Gasteiger partial charge in [0.15, 0.2) is 5.78 Å². The van der Waals surface area contributed by atoms with Crippen LogP contribution in [0, 0.1) is 0 Å². The minimum atomic E-state index is -1.04. The lowest BCUT2D eigenvalue weighted by atomic mass is 9.80. The molecule has 236 valence electrons. The zero-order valence-electron chi connectivity index (χ0n) is 25.6. The third-order valence-corrected chi connectivity index (χ3v) is 7.47. The standard InChI is InChI=1S/C34H42N2O8/c1-5-31(38)43-20-8-7-19-42-24-30(37)25-44-33(40)28-11-9-26(10-12-28)23-34(6-2,35(3)4)32(39)27-13-15-29(16-14-27)36-17-21-41-22-18-36/h5,7-16,19-20,30,37H,1,6,17-18,21-25H2,2-4H3/b19-7+,20-8+. The summed E-state index contributed by atoms with van der Waals surface area (Å²) in [6.45, 7) is 7.99. The number of hydrogen-bond acceptors (Lipinski definition) is 10. The highest BCUT2D eigenvalue weighted by molar-refractivity contribution is 6.03. The van der Waals surface area contributed by atoms with Crippen LogP contribution in [0.15, 0.2) is 85.9 Å². The lowest BCUT2D eigenvalue weighted by Gasteiger charge is -2.38. The monoisotopic (exact) mass is 606 g/mol. The summed E-state index contributed by atoms with van der Waals surface area (Å²) >= 11 is 0. The zero-order valence-corrected chi connectivity index (χ0v) is 25.6. The molecule has 2 aromatic rings. The number of nitrogens with zero attached hydrogens (tertiary/aromatic N) is 2. The third kappa shape index (κ3) is 9.63. The van der Waals surface area contributed by atoms with Gasteiger partial charge in [0, 0.05) is 30.4 Å². The molecule has 1 aliphatic heterocycles. The summed E-state index contributed by atoms with van der Waals surface area (Å²) in [7, 11) is 3.83. The van der Waals surface area contributed by atoms with Crippen molar-refractivity contribution < 1.29 is 38.4 Å². The summed E-state index contributed by atoms with van der Waals surface area (Å²) < 4.78 is 20.5. The fraction of sp³-hybridized carbons (Fsp3) is 0.382. The molecular formula is C34H42N2O8. The number of allylic oxidation sites excluding steroid dienone is 2. The summed E-state index contributed by atoms with van der Waals surface area (Å²) in [6, 6.07) is 14.8. The van der Waals surface area contributed by atoms with Gasteiger partial charge in [-0.2, -0.15) is 0 Å². The molecule has 10 nitrogen and oxygen atoms in total. The quantitative estimate of drug-likeness (QED) is 0.0991. The van der Waals surface area contributed by atoms with Crippen molar-refractivity contribution in [3.8, 4) is 0 Å². The number of rotatable bonds is 16. The number of benzene rings is 2. The van der Waals surface area contributed by atoms with Gasteiger partial charge >= 0.3 is 11.9 Å². The number of esters is 2. The number of carbonyl (C=O) groups excluding carboxylic acids is 3. The van der Waals surface area contributed by atoms with E-state index < -0.39 is 23.6 Å². The molecule has 2 aromatic carbocycles. The van der Waals surface area contributed by atoms with Crippen molar-refractivity contribution in [1.82, 2.24) is 4.90 Å². The highest BCUT2D eigenvalue weighted by Gasteiger charge is 2.39. The lowest BCUT2D eigenvalue weighted by molar-refractivity contribution is -0.132. The molecule has 2 unspecified atom stereocenters. The van der Waals surface area contributed by atoms with E-state index in [9.17, 15) is 19.5 Å². The van der Waals surface area contributed by atoms with Crippen LogP contribution in [0.5, 0.6) is 0 Å². The Morgan fingerprint density at radius 1 is 1.00 bits per heavy atom. The van der Waals surface area contributed by atoms with Crippen LogP contribution in [0.1, 0.15) is 39.6 Å². The van der Waals surface area contributed by atoms with E-state index in [1.807, 2.05) is 62.3 Å². The molecule has 0 aliphatic carbocycles. The van der Waals surface area contributed by atoms with E-state index in [0.29, 0.717) is 37.2 Å². The van der Waals surface area contributed by atoms with E-state index in [1.54, 1.807) is 12.1 Å². The van der Waals surface area contributed by atoms with Crippen molar-refractivity contribution >= 4 is 23.4 Å². The number of likely N-dealkylation sites (N-methyl/N-ethyl adjacent to an activating group) is 1. The van der Waals surface area contributed by atoms with Gasteiger partial charge in [-0.15, -0.1) is 0 Å². The topological polar surface area (TPSA) is 115 Å². The molecule has 1 aliphatic rings. The predicted molar refractivity (Wildman–Crippen MR) is 167 cm³/mol. The molecule has 0 amide bonds. The van der Waals surface area contributed by atoms with Crippen LogP contribution < -0.4 is 4.90 Å². The molecule has 2 atom stereocenters. The fourth-order valence-corrected chi connectivity index (χ4v) is 4.82. The van der Waals surface area contributed by atoms with Gasteiger partial charge in [0.25, 0.3) is 0 Å². The first-order valence-electron chi connectivity index (χ1n) is 14.6. The molecule has 0 radical (unpaired) electrons. The number of morpholine rings is 1. The van der Waals surface area contributed by atoms with Gasteiger partial charge in [-0.05, 0) is 81.1 Å². The van der Waals surface area contributed by atoms with E-state index >= 15 is 0 Å². The summed E-state index contributed by atoms with van der Waals surface area (Å²) in [5.74, 6) is -1.12. The maximum absolute atomic E-state index is 13.9. The molecule has 0 bridgehead atoms. The number of Topliss-reactive ketones (excluding diaryl/α,β-unsaturated/α-hetero) is 1. The van der Waals surface area contributed by atoms with Crippen molar-refractivity contribution in [3.05, 3.63) is 103 Å². The molecule has 1 N–H and O–H groups in total. The van der Waals surface area contributed by atoms with Crippen molar-refractivity contribution in [2.24, 2.45) is 0 Å². The first-order chi connectivity index (χ1) is 21.2. The summed E-state index contributed by atoms with van der Waals surface area (Å²) in [4.78, 5) is 41.6. The molecule has 3 rings (SSSR count). The van der Waals surface area contributed by atoms with Crippen molar-refractivity contribution in [2.75, 3.05) is 58.5 Å². The summed E-state index contributed by atoms with van der Waals surface area (Å²) in [5, 5.41) is 10.1.